The Labute approximate surface area is 114 Å². The summed E-state index contributed by atoms with van der Waals surface area (Å²) in [7, 11) is 0. The van der Waals surface area contributed by atoms with E-state index in [1.54, 1.807) is 11.3 Å². The van der Waals surface area contributed by atoms with E-state index in [4.69, 9.17) is 5.11 Å². The number of piperidine rings is 1. The van der Waals surface area contributed by atoms with Crippen LogP contribution < -0.4 is 0 Å². The fourth-order valence-electron chi connectivity index (χ4n) is 2.59. The SMILES string of the molecule is CCN1CCCC(Cc2nc(C(C)CO)cs2)C1. The molecule has 0 saturated carbocycles. The average molecular weight is 268 g/mol. The molecule has 1 aliphatic heterocycles. The summed E-state index contributed by atoms with van der Waals surface area (Å²) in [5.74, 6) is 0.940. The number of aromatic nitrogens is 1. The van der Waals surface area contributed by atoms with Crippen LogP contribution in [-0.4, -0.2) is 41.2 Å². The van der Waals surface area contributed by atoms with Gasteiger partial charge in [0, 0.05) is 24.3 Å². The van der Waals surface area contributed by atoms with Gasteiger partial charge in [-0.05, 0) is 31.8 Å². The summed E-state index contributed by atoms with van der Waals surface area (Å²) in [6.07, 6.45) is 3.77. The molecule has 1 aromatic heterocycles. The molecular formula is C14H24N2OS. The molecule has 0 aromatic carbocycles. The summed E-state index contributed by atoms with van der Waals surface area (Å²) in [6.45, 7) is 8.11. The number of rotatable bonds is 5. The van der Waals surface area contributed by atoms with Gasteiger partial charge in [0.15, 0.2) is 0 Å². The lowest BCUT2D eigenvalue weighted by atomic mass is 9.95. The van der Waals surface area contributed by atoms with Gasteiger partial charge in [0.05, 0.1) is 17.3 Å². The van der Waals surface area contributed by atoms with Gasteiger partial charge in [0.25, 0.3) is 0 Å². The lowest BCUT2D eigenvalue weighted by Crippen LogP contribution is -2.35. The molecule has 2 heterocycles. The molecule has 2 rings (SSSR count). The third-order valence-electron chi connectivity index (χ3n) is 3.86. The Balaban J connectivity index is 1.90. The summed E-state index contributed by atoms with van der Waals surface area (Å²) in [5.41, 5.74) is 1.06. The second-order valence-electron chi connectivity index (χ2n) is 5.36. The van der Waals surface area contributed by atoms with Crippen molar-refractivity contribution in [2.75, 3.05) is 26.2 Å². The normalized spacial score (nSPS) is 23.2. The van der Waals surface area contributed by atoms with Crippen molar-refractivity contribution in [1.29, 1.82) is 0 Å². The molecule has 0 aliphatic carbocycles. The van der Waals surface area contributed by atoms with Gasteiger partial charge in [-0.15, -0.1) is 11.3 Å². The Morgan fingerprint density at radius 2 is 2.44 bits per heavy atom. The summed E-state index contributed by atoms with van der Waals surface area (Å²) < 4.78 is 0. The van der Waals surface area contributed by atoms with E-state index in [0.29, 0.717) is 0 Å². The molecule has 102 valence electrons. The summed E-state index contributed by atoms with van der Waals surface area (Å²) in [4.78, 5) is 7.21. The van der Waals surface area contributed by atoms with Crippen LogP contribution in [-0.2, 0) is 6.42 Å². The standard InChI is InChI=1S/C14H24N2OS/c1-3-16-6-4-5-12(8-16)7-14-15-13(10-18-14)11(2)9-17/h10-12,17H,3-9H2,1-2H3. The molecule has 0 bridgehead atoms. The molecule has 18 heavy (non-hydrogen) atoms. The van der Waals surface area contributed by atoms with Gasteiger partial charge in [-0.25, -0.2) is 4.98 Å². The van der Waals surface area contributed by atoms with Crippen LogP contribution in [0.2, 0.25) is 0 Å². The Morgan fingerprint density at radius 1 is 1.61 bits per heavy atom. The van der Waals surface area contributed by atoms with E-state index in [1.807, 2.05) is 6.92 Å². The van der Waals surface area contributed by atoms with Crippen molar-refractivity contribution in [2.45, 2.75) is 39.0 Å². The Bertz CT molecular complexity index is 366. The molecule has 1 N–H and O–H groups in total. The highest BCUT2D eigenvalue weighted by Gasteiger charge is 2.20. The third-order valence-corrected chi connectivity index (χ3v) is 4.75. The van der Waals surface area contributed by atoms with Crippen LogP contribution in [0.1, 0.15) is 43.3 Å². The average Bonchev–Trinajstić information content (AvgIpc) is 2.86. The third kappa shape index (κ3) is 3.53. The number of hydrogen-bond donors (Lipinski definition) is 1. The number of nitrogens with zero attached hydrogens (tertiary/aromatic N) is 2. The highest BCUT2D eigenvalue weighted by Crippen LogP contribution is 2.24. The lowest BCUT2D eigenvalue weighted by molar-refractivity contribution is 0.182. The van der Waals surface area contributed by atoms with Crippen molar-refractivity contribution in [3.8, 4) is 0 Å². The van der Waals surface area contributed by atoms with Crippen molar-refractivity contribution in [2.24, 2.45) is 5.92 Å². The molecule has 0 amide bonds. The van der Waals surface area contributed by atoms with E-state index < -0.39 is 0 Å². The van der Waals surface area contributed by atoms with Gasteiger partial charge in [-0.3, -0.25) is 0 Å². The zero-order valence-corrected chi connectivity index (χ0v) is 12.2. The topological polar surface area (TPSA) is 36.4 Å². The first-order valence-corrected chi connectivity index (χ1v) is 7.88. The van der Waals surface area contributed by atoms with Gasteiger partial charge < -0.3 is 10.0 Å². The summed E-state index contributed by atoms with van der Waals surface area (Å²) >= 11 is 1.75. The van der Waals surface area contributed by atoms with Gasteiger partial charge in [0.2, 0.25) is 0 Å². The lowest BCUT2D eigenvalue weighted by Gasteiger charge is -2.31. The number of aliphatic hydroxyl groups excluding tert-OH is 1. The minimum absolute atomic E-state index is 0.175. The Kier molecular flexibility index (Phi) is 5.15. The van der Waals surface area contributed by atoms with Crippen LogP contribution >= 0.6 is 11.3 Å². The second-order valence-corrected chi connectivity index (χ2v) is 6.30. The first kappa shape index (κ1) is 14.0. The van der Waals surface area contributed by atoms with Crippen LogP contribution in [0.5, 0.6) is 0 Å². The van der Waals surface area contributed by atoms with Crippen LogP contribution in [0.15, 0.2) is 5.38 Å². The van der Waals surface area contributed by atoms with Crippen molar-refractivity contribution >= 4 is 11.3 Å². The van der Waals surface area contributed by atoms with Crippen molar-refractivity contribution < 1.29 is 5.11 Å². The van der Waals surface area contributed by atoms with E-state index >= 15 is 0 Å². The van der Waals surface area contributed by atoms with Crippen LogP contribution in [0.4, 0.5) is 0 Å². The maximum absolute atomic E-state index is 9.14. The van der Waals surface area contributed by atoms with Gasteiger partial charge >= 0.3 is 0 Å². The van der Waals surface area contributed by atoms with Crippen LogP contribution in [0, 0.1) is 5.92 Å². The fraction of sp³-hybridized carbons (Fsp3) is 0.786. The maximum Gasteiger partial charge on any atom is 0.0931 e. The van der Waals surface area contributed by atoms with Crippen LogP contribution in [0.25, 0.3) is 0 Å². The molecule has 1 saturated heterocycles. The number of thiazole rings is 1. The van der Waals surface area contributed by atoms with E-state index in [-0.39, 0.29) is 12.5 Å². The zero-order valence-electron chi connectivity index (χ0n) is 11.4. The van der Waals surface area contributed by atoms with E-state index in [2.05, 4.69) is 22.2 Å². The highest BCUT2D eigenvalue weighted by atomic mass is 32.1. The van der Waals surface area contributed by atoms with E-state index in [1.165, 1.54) is 37.5 Å². The smallest absolute Gasteiger partial charge is 0.0931 e. The molecular weight excluding hydrogens is 244 g/mol. The molecule has 1 aliphatic rings. The summed E-state index contributed by atoms with van der Waals surface area (Å²) in [6, 6.07) is 0. The molecule has 0 spiro atoms. The monoisotopic (exact) mass is 268 g/mol. The number of hydrogen-bond acceptors (Lipinski definition) is 4. The van der Waals surface area contributed by atoms with Crippen molar-refractivity contribution in [3.05, 3.63) is 16.1 Å². The Hall–Kier alpha value is -0.450. The molecule has 2 unspecified atom stereocenters. The molecule has 1 fully saturated rings. The second kappa shape index (κ2) is 6.64. The first-order chi connectivity index (χ1) is 8.72. The highest BCUT2D eigenvalue weighted by molar-refractivity contribution is 7.09. The predicted molar refractivity (Wildman–Crippen MR) is 76.2 cm³/mol. The van der Waals surface area contributed by atoms with Crippen LogP contribution in [0.3, 0.4) is 0 Å². The predicted octanol–water partition coefficient (Wildman–Crippen LogP) is 2.51. The summed E-state index contributed by atoms with van der Waals surface area (Å²) in [5, 5.41) is 12.5. The number of likely N-dealkylation sites (tertiary alicyclic amines) is 1. The molecule has 1 aromatic rings. The van der Waals surface area contributed by atoms with Gasteiger partial charge in [0.1, 0.15) is 0 Å². The van der Waals surface area contributed by atoms with E-state index in [9.17, 15) is 0 Å². The van der Waals surface area contributed by atoms with Crippen molar-refractivity contribution in [1.82, 2.24) is 9.88 Å². The maximum atomic E-state index is 9.14. The fourth-order valence-corrected chi connectivity index (χ4v) is 3.62. The van der Waals surface area contributed by atoms with Gasteiger partial charge in [-0.1, -0.05) is 13.8 Å². The Morgan fingerprint density at radius 3 is 3.17 bits per heavy atom. The largest absolute Gasteiger partial charge is 0.396 e. The quantitative estimate of drug-likeness (QED) is 0.891. The molecule has 3 nitrogen and oxygen atoms in total. The van der Waals surface area contributed by atoms with Crippen molar-refractivity contribution in [3.63, 3.8) is 0 Å². The van der Waals surface area contributed by atoms with E-state index in [0.717, 1.165) is 18.0 Å². The minimum Gasteiger partial charge on any atom is -0.396 e. The zero-order chi connectivity index (χ0) is 13.0. The minimum atomic E-state index is 0.175. The first-order valence-electron chi connectivity index (χ1n) is 7.00. The molecule has 2 atom stereocenters. The van der Waals surface area contributed by atoms with Gasteiger partial charge in [-0.2, -0.15) is 0 Å². The molecule has 0 radical (unpaired) electrons. The number of aliphatic hydroxyl groups is 1. The molecule has 4 heteroatoms.